The molecule has 0 saturated heterocycles. The molecule has 1 aliphatic rings. The summed E-state index contributed by atoms with van der Waals surface area (Å²) in [7, 11) is 0. The van der Waals surface area contributed by atoms with Crippen molar-refractivity contribution in [2.45, 2.75) is 39.2 Å². The van der Waals surface area contributed by atoms with Crippen LogP contribution in [0, 0.1) is 13.8 Å². The molecule has 34 heavy (non-hydrogen) atoms. The van der Waals surface area contributed by atoms with E-state index in [0.29, 0.717) is 53.0 Å². The Morgan fingerprint density at radius 2 is 1.76 bits per heavy atom. The van der Waals surface area contributed by atoms with Crippen LogP contribution in [0.4, 0.5) is 20.2 Å². The minimum atomic E-state index is -2.66. The highest BCUT2D eigenvalue weighted by atomic mass is 19.3. The lowest BCUT2D eigenvalue weighted by atomic mass is 10.0. The van der Waals surface area contributed by atoms with Crippen molar-refractivity contribution in [3.05, 3.63) is 94.0 Å². The second-order valence-electron chi connectivity index (χ2n) is 8.53. The Balaban J connectivity index is 1.60. The monoisotopic (exact) mass is 464 g/mol. The van der Waals surface area contributed by atoms with Gasteiger partial charge in [-0.05, 0) is 74.2 Å². The lowest BCUT2D eigenvalue weighted by Crippen LogP contribution is -2.32. The van der Waals surface area contributed by atoms with Gasteiger partial charge >= 0.3 is 0 Å². The van der Waals surface area contributed by atoms with Crippen molar-refractivity contribution in [2.24, 2.45) is 0 Å². The van der Waals surface area contributed by atoms with Crippen LogP contribution in [0.25, 0.3) is 0 Å². The van der Waals surface area contributed by atoms with Crippen molar-refractivity contribution < 1.29 is 23.5 Å². The summed E-state index contributed by atoms with van der Waals surface area (Å²) < 4.78 is 26.4. The molecule has 0 radical (unpaired) electrons. The van der Waals surface area contributed by atoms with Crippen LogP contribution in [-0.4, -0.2) is 23.5 Å². The SMILES string of the molecule is Cc1ccccc1C(=O)Nc1ccc(C(=O)N2CCC[C@@H](O)c3cc(C(F)F)ccc32)c(C)c1. The average Bonchev–Trinajstić information content (AvgIpc) is 2.97. The van der Waals surface area contributed by atoms with E-state index in [1.54, 1.807) is 37.3 Å². The van der Waals surface area contributed by atoms with Crippen molar-refractivity contribution in [1.29, 1.82) is 0 Å². The molecule has 2 amide bonds. The first kappa shape index (κ1) is 23.6. The predicted molar refractivity (Wildman–Crippen MR) is 128 cm³/mol. The number of carbonyl (C=O) groups excluding carboxylic acids is 2. The van der Waals surface area contributed by atoms with Gasteiger partial charge in [-0.3, -0.25) is 9.59 Å². The van der Waals surface area contributed by atoms with Gasteiger partial charge in [0, 0.05) is 40.2 Å². The molecular weight excluding hydrogens is 438 g/mol. The summed E-state index contributed by atoms with van der Waals surface area (Å²) in [4.78, 5) is 27.6. The van der Waals surface area contributed by atoms with Gasteiger partial charge in [-0.25, -0.2) is 8.78 Å². The summed E-state index contributed by atoms with van der Waals surface area (Å²) in [6.45, 7) is 4.01. The van der Waals surface area contributed by atoms with Crippen LogP contribution in [0.1, 0.15) is 68.3 Å². The molecule has 4 rings (SSSR count). The largest absolute Gasteiger partial charge is 0.388 e. The topological polar surface area (TPSA) is 69.6 Å². The van der Waals surface area contributed by atoms with E-state index >= 15 is 0 Å². The van der Waals surface area contributed by atoms with Crippen molar-refractivity contribution in [3.8, 4) is 0 Å². The molecule has 7 heteroatoms. The third kappa shape index (κ3) is 4.70. The fraction of sp³-hybridized carbons (Fsp3) is 0.259. The number of rotatable bonds is 4. The predicted octanol–water partition coefficient (Wildman–Crippen LogP) is 5.97. The lowest BCUT2D eigenvalue weighted by molar-refractivity contribution is 0.0985. The van der Waals surface area contributed by atoms with Gasteiger partial charge in [-0.15, -0.1) is 0 Å². The summed E-state index contributed by atoms with van der Waals surface area (Å²) in [6, 6.07) is 16.4. The average molecular weight is 465 g/mol. The Hall–Kier alpha value is -3.58. The highest BCUT2D eigenvalue weighted by Gasteiger charge is 2.28. The lowest BCUT2D eigenvalue weighted by Gasteiger charge is -2.25. The van der Waals surface area contributed by atoms with E-state index in [1.807, 2.05) is 19.1 Å². The second-order valence-corrected chi connectivity index (χ2v) is 8.53. The van der Waals surface area contributed by atoms with Crippen LogP contribution in [0.5, 0.6) is 0 Å². The Kier molecular flexibility index (Phi) is 6.75. The van der Waals surface area contributed by atoms with Gasteiger partial charge in [-0.1, -0.05) is 24.3 Å². The number of aryl methyl sites for hydroxylation is 2. The van der Waals surface area contributed by atoms with Crippen LogP contribution in [0.2, 0.25) is 0 Å². The summed E-state index contributed by atoms with van der Waals surface area (Å²) >= 11 is 0. The van der Waals surface area contributed by atoms with Crippen molar-refractivity contribution in [1.82, 2.24) is 0 Å². The van der Waals surface area contributed by atoms with Crippen LogP contribution >= 0.6 is 0 Å². The molecule has 0 unspecified atom stereocenters. The maximum Gasteiger partial charge on any atom is 0.263 e. The molecule has 0 aliphatic carbocycles. The van der Waals surface area contributed by atoms with E-state index < -0.39 is 12.5 Å². The number of aliphatic hydroxyl groups is 1. The maximum absolute atomic E-state index is 13.5. The Bertz CT molecular complexity index is 1240. The summed E-state index contributed by atoms with van der Waals surface area (Å²) in [6.07, 6.45) is -2.65. The van der Waals surface area contributed by atoms with Gasteiger partial charge in [0.05, 0.1) is 6.10 Å². The Labute approximate surface area is 197 Å². The number of carbonyl (C=O) groups is 2. The summed E-state index contributed by atoms with van der Waals surface area (Å²) in [5.74, 6) is -0.517. The van der Waals surface area contributed by atoms with Gasteiger partial charge in [0.15, 0.2) is 0 Å². The second kappa shape index (κ2) is 9.73. The quantitative estimate of drug-likeness (QED) is 0.500. The molecular formula is C27H26F2N2O3. The fourth-order valence-corrected chi connectivity index (χ4v) is 4.30. The summed E-state index contributed by atoms with van der Waals surface area (Å²) in [5.41, 5.74) is 3.70. The van der Waals surface area contributed by atoms with E-state index in [4.69, 9.17) is 0 Å². The molecule has 3 aromatic rings. The number of hydrogen-bond acceptors (Lipinski definition) is 3. The highest BCUT2D eigenvalue weighted by molar-refractivity contribution is 6.09. The standard InChI is InChI=1S/C27H26F2N2O3/c1-16-6-3-4-7-20(16)26(33)30-19-10-11-21(17(2)14-19)27(34)31-13-5-8-24(32)22-15-18(25(28)29)9-12-23(22)31/h3-4,6-7,9-12,14-15,24-25,32H,5,8,13H2,1-2H3,(H,30,33)/t24-/m1/s1. The zero-order chi connectivity index (χ0) is 24.4. The molecule has 1 atom stereocenters. The van der Waals surface area contributed by atoms with E-state index in [2.05, 4.69) is 5.32 Å². The van der Waals surface area contributed by atoms with Crippen LogP contribution in [-0.2, 0) is 0 Å². The zero-order valence-electron chi connectivity index (χ0n) is 19.0. The molecule has 176 valence electrons. The number of nitrogens with zero attached hydrogens (tertiary/aromatic N) is 1. The van der Waals surface area contributed by atoms with E-state index in [9.17, 15) is 23.5 Å². The number of anilines is 2. The smallest absolute Gasteiger partial charge is 0.263 e. The van der Waals surface area contributed by atoms with Gasteiger partial charge in [-0.2, -0.15) is 0 Å². The highest BCUT2D eigenvalue weighted by Crippen LogP contribution is 2.36. The molecule has 0 aromatic heterocycles. The zero-order valence-corrected chi connectivity index (χ0v) is 19.0. The van der Waals surface area contributed by atoms with Gasteiger partial charge in [0.25, 0.3) is 18.2 Å². The van der Waals surface area contributed by atoms with Crippen molar-refractivity contribution >= 4 is 23.2 Å². The Morgan fingerprint density at radius 3 is 2.47 bits per heavy atom. The molecule has 5 nitrogen and oxygen atoms in total. The summed E-state index contributed by atoms with van der Waals surface area (Å²) in [5, 5.41) is 13.3. The van der Waals surface area contributed by atoms with E-state index in [1.165, 1.54) is 23.1 Å². The van der Waals surface area contributed by atoms with E-state index in [-0.39, 0.29) is 17.4 Å². The van der Waals surface area contributed by atoms with Crippen LogP contribution in [0.15, 0.2) is 60.7 Å². The fourth-order valence-electron chi connectivity index (χ4n) is 4.30. The van der Waals surface area contributed by atoms with E-state index in [0.717, 1.165) is 5.56 Å². The first-order chi connectivity index (χ1) is 16.3. The molecule has 0 bridgehead atoms. The van der Waals surface area contributed by atoms with Gasteiger partial charge in [0.2, 0.25) is 0 Å². The third-order valence-electron chi connectivity index (χ3n) is 6.16. The van der Waals surface area contributed by atoms with Crippen LogP contribution < -0.4 is 10.2 Å². The third-order valence-corrected chi connectivity index (χ3v) is 6.16. The maximum atomic E-state index is 13.5. The van der Waals surface area contributed by atoms with Gasteiger partial charge < -0.3 is 15.3 Å². The minimum Gasteiger partial charge on any atom is -0.388 e. The molecule has 0 spiro atoms. The minimum absolute atomic E-state index is 0.183. The molecule has 0 fully saturated rings. The number of benzene rings is 3. The molecule has 1 aliphatic heterocycles. The molecule has 1 heterocycles. The number of aliphatic hydroxyl groups excluding tert-OH is 1. The Morgan fingerprint density at radius 1 is 1.00 bits per heavy atom. The number of fused-ring (bicyclic) bond motifs is 1. The molecule has 2 N–H and O–H groups in total. The van der Waals surface area contributed by atoms with Crippen LogP contribution in [0.3, 0.4) is 0 Å². The number of halogens is 2. The molecule has 3 aromatic carbocycles. The first-order valence-corrected chi connectivity index (χ1v) is 11.2. The number of alkyl halides is 2. The van der Waals surface area contributed by atoms with Crippen molar-refractivity contribution in [3.63, 3.8) is 0 Å². The normalized spacial score (nSPS) is 15.6. The van der Waals surface area contributed by atoms with Crippen molar-refractivity contribution in [2.75, 3.05) is 16.8 Å². The number of amides is 2. The number of nitrogens with one attached hydrogen (secondary N) is 1. The van der Waals surface area contributed by atoms with Gasteiger partial charge in [0.1, 0.15) is 0 Å². The number of hydrogen-bond donors (Lipinski definition) is 2. The molecule has 0 saturated carbocycles. The first-order valence-electron chi connectivity index (χ1n) is 11.2.